The summed E-state index contributed by atoms with van der Waals surface area (Å²) in [5, 5.41) is 0. The molecule has 0 saturated heterocycles. The van der Waals surface area contributed by atoms with Gasteiger partial charge in [-0.15, -0.1) is 0 Å². The minimum Gasteiger partial charge on any atom is -0.179 e. The molecule has 0 radical (unpaired) electrons. The van der Waals surface area contributed by atoms with Crippen LogP contribution >= 0.6 is 25.3 Å². The van der Waals surface area contributed by atoms with Gasteiger partial charge in [-0.05, 0) is 54.4 Å². The first-order chi connectivity index (χ1) is 5.80. The van der Waals surface area contributed by atoms with Gasteiger partial charge in [0, 0.05) is 0 Å². The van der Waals surface area contributed by atoms with Gasteiger partial charge in [0.25, 0.3) is 0 Å². The second kappa shape index (κ2) is 3.45. The fourth-order valence-electron chi connectivity index (χ4n) is 3.19. The van der Waals surface area contributed by atoms with Crippen LogP contribution in [0.4, 0.5) is 0 Å². The van der Waals surface area contributed by atoms with Crippen molar-refractivity contribution in [3.05, 3.63) is 0 Å². The molecule has 0 amide bonds. The first-order valence-corrected chi connectivity index (χ1v) is 6.29. The molecule has 0 nitrogen and oxygen atoms in total. The van der Waals surface area contributed by atoms with Crippen LogP contribution in [-0.4, -0.2) is 11.5 Å². The number of rotatable bonds is 2. The van der Waals surface area contributed by atoms with E-state index < -0.39 is 0 Å². The van der Waals surface area contributed by atoms with Gasteiger partial charge in [-0.2, -0.15) is 25.3 Å². The molecule has 2 fully saturated rings. The van der Waals surface area contributed by atoms with Gasteiger partial charge < -0.3 is 0 Å². The van der Waals surface area contributed by atoms with Gasteiger partial charge in [-0.3, -0.25) is 0 Å². The van der Waals surface area contributed by atoms with Crippen molar-refractivity contribution in [3.63, 3.8) is 0 Å². The normalized spacial score (nSPS) is 46.5. The highest BCUT2D eigenvalue weighted by Gasteiger charge is 2.46. The maximum Gasteiger partial charge on any atom is -0.00381 e. The zero-order chi connectivity index (χ0) is 8.60. The third kappa shape index (κ3) is 1.31. The van der Waals surface area contributed by atoms with Gasteiger partial charge in [-0.25, -0.2) is 0 Å². The van der Waals surface area contributed by atoms with E-state index in [-0.39, 0.29) is 0 Å². The smallest absolute Gasteiger partial charge is 0.00381 e. The maximum atomic E-state index is 4.54. The molecule has 0 N–H and O–H groups in total. The van der Waals surface area contributed by atoms with Crippen LogP contribution in [0.25, 0.3) is 0 Å². The van der Waals surface area contributed by atoms with Crippen LogP contribution in [-0.2, 0) is 0 Å². The third-order valence-electron chi connectivity index (χ3n) is 4.07. The van der Waals surface area contributed by atoms with Crippen LogP contribution in [0, 0.1) is 17.3 Å². The second-order valence-electron chi connectivity index (χ2n) is 4.59. The fraction of sp³-hybridized carbons (Fsp3) is 1.00. The summed E-state index contributed by atoms with van der Waals surface area (Å²) in [6.45, 7) is 0. The van der Waals surface area contributed by atoms with Gasteiger partial charge in [0.15, 0.2) is 0 Å². The topological polar surface area (TPSA) is 0 Å². The lowest BCUT2D eigenvalue weighted by Crippen LogP contribution is -2.34. The van der Waals surface area contributed by atoms with Gasteiger partial charge in [0.05, 0.1) is 0 Å². The van der Waals surface area contributed by atoms with Crippen molar-refractivity contribution in [2.45, 2.75) is 32.1 Å². The van der Waals surface area contributed by atoms with E-state index in [1.165, 1.54) is 32.1 Å². The lowest BCUT2D eigenvalue weighted by Gasteiger charge is -2.39. The van der Waals surface area contributed by atoms with Crippen molar-refractivity contribution < 1.29 is 0 Å². The Balaban J connectivity index is 2.15. The van der Waals surface area contributed by atoms with Crippen LogP contribution in [0.5, 0.6) is 0 Å². The van der Waals surface area contributed by atoms with Crippen molar-refractivity contribution in [1.82, 2.24) is 0 Å². The molecule has 0 aromatic heterocycles. The largest absolute Gasteiger partial charge is 0.179 e. The standard InChI is InChI=1S/C10H18S2/c11-6-9-2-1-8-3-4-10(9,5-8)7-12/h8-9,11-12H,1-7H2. The predicted molar refractivity (Wildman–Crippen MR) is 60.2 cm³/mol. The highest BCUT2D eigenvalue weighted by molar-refractivity contribution is 7.80. The number of thiol groups is 2. The zero-order valence-corrected chi connectivity index (χ0v) is 9.29. The summed E-state index contributed by atoms with van der Waals surface area (Å²) in [4.78, 5) is 0. The Morgan fingerprint density at radius 2 is 2.00 bits per heavy atom. The highest BCUT2D eigenvalue weighted by Crippen LogP contribution is 2.55. The molecule has 2 saturated carbocycles. The molecule has 3 atom stereocenters. The minimum absolute atomic E-state index is 0.591. The van der Waals surface area contributed by atoms with Crippen LogP contribution < -0.4 is 0 Å². The number of hydrogen-bond donors (Lipinski definition) is 2. The molecule has 0 aromatic carbocycles. The van der Waals surface area contributed by atoms with Crippen molar-refractivity contribution in [2.75, 3.05) is 11.5 Å². The van der Waals surface area contributed by atoms with E-state index in [0.717, 1.165) is 23.3 Å². The Labute approximate surface area is 86.3 Å². The van der Waals surface area contributed by atoms with Crippen LogP contribution in [0.2, 0.25) is 0 Å². The van der Waals surface area contributed by atoms with E-state index in [0.29, 0.717) is 5.41 Å². The summed E-state index contributed by atoms with van der Waals surface area (Å²) in [7, 11) is 0. The zero-order valence-electron chi connectivity index (χ0n) is 7.50. The molecule has 0 heterocycles. The molecule has 2 aliphatic carbocycles. The first-order valence-electron chi connectivity index (χ1n) is 5.02. The molecule has 2 aliphatic rings. The number of fused-ring (bicyclic) bond motifs is 2. The van der Waals surface area contributed by atoms with Gasteiger partial charge in [-0.1, -0.05) is 6.42 Å². The third-order valence-corrected chi connectivity index (χ3v) is 5.14. The summed E-state index contributed by atoms with van der Waals surface area (Å²) < 4.78 is 0. The molecule has 70 valence electrons. The minimum atomic E-state index is 0.591. The van der Waals surface area contributed by atoms with E-state index in [2.05, 4.69) is 25.3 Å². The van der Waals surface area contributed by atoms with Crippen LogP contribution in [0.3, 0.4) is 0 Å². The molecule has 2 heteroatoms. The van der Waals surface area contributed by atoms with Crippen molar-refractivity contribution in [3.8, 4) is 0 Å². The summed E-state index contributed by atoms with van der Waals surface area (Å²) in [6, 6.07) is 0. The average Bonchev–Trinajstić information content (AvgIpc) is 2.46. The van der Waals surface area contributed by atoms with E-state index in [4.69, 9.17) is 0 Å². The molecule has 0 spiro atoms. The first kappa shape index (κ1) is 9.26. The molecular weight excluding hydrogens is 184 g/mol. The Kier molecular flexibility index (Phi) is 2.66. The molecule has 3 unspecified atom stereocenters. The van der Waals surface area contributed by atoms with Crippen molar-refractivity contribution in [1.29, 1.82) is 0 Å². The van der Waals surface area contributed by atoms with Crippen LogP contribution in [0.1, 0.15) is 32.1 Å². The number of hydrogen-bond acceptors (Lipinski definition) is 2. The SMILES string of the molecule is SCC1CCC2CCC1(CS)C2. The quantitative estimate of drug-likeness (QED) is 0.632. The molecule has 2 bridgehead atoms. The van der Waals surface area contributed by atoms with E-state index >= 15 is 0 Å². The molecule has 0 aromatic rings. The second-order valence-corrected chi connectivity index (χ2v) is 5.27. The Morgan fingerprint density at radius 1 is 1.17 bits per heavy atom. The van der Waals surface area contributed by atoms with Crippen LogP contribution in [0.15, 0.2) is 0 Å². The van der Waals surface area contributed by atoms with E-state index in [9.17, 15) is 0 Å². The Hall–Kier alpha value is 0.700. The molecule has 2 rings (SSSR count). The van der Waals surface area contributed by atoms with E-state index in [1.54, 1.807) is 0 Å². The fourth-order valence-corrected chi connectivity index (χ4v) is 4.30. The molecular formula is C10H18S2. The Morgan fingerprint density at radius 3 is 2.67 bits per heavy atom. The average molecular weight is 202 g/mol. The summed E-state index contributed by atoms with van der Waals surface area (Å²) >= 11 is 9.00. The maximum absolute atomic E-state index is 4.54. The monoisotopic (exact) mass is 202 g/mol. The lowest BCUT2D eigenvalue weighted by atomic mass is 9.69. The van der Waals surface area contributed by atoms with Crippen molar-refractivity contribution >= 4 is 25.3 Å². The molecule has 12 heavy (non-hydrogen) atoms. The summed E-state index contributed by atoms with van der Waals surface area (Å²) in [5.41, 5.74) is 0.591. The van der Waals surface area contributed by atoms with Gasteiger partial charge in [0.2, 0.25) is 0 Å². The Bertz CT molecular complexity index is 167. The summed E-state index contributed by atoms with van der Waals surface area (Å²) in [6.07, 6.45) is 7.20. The highest BCUT2D eigenvalue weighted by atomic mass is 32.1. The molecule has 0 aliphatic heterocycles. The van der Waals surface area contributed by atoms with Gasteiger partial charge >= 0.3 is 0 Å². The predicted octanol–water partition coefficient (Wildman–Crippen LogP) is 3.04. The lowest BCUT2D eigenvalue weighted by molar-refractivity contribution is 0.160. The summed E-state index contributed by atoms with van der Waals surface area (Å²) in [5.74, 6) is 4.06. The van der Waals surface area contributed by atoms with Crippen molar-refractivity contribution in [2.24, 2.45) is 17.3 Å². The van der Waals surface area contributed by atoms with E-state index in [1.807, 2.05) is 0 Å². The van der Waals surface area contributed by atoms with Gasteiger partial charge in [0.1, 0.15) is 0 Å².